The van der Waals surface area contributed by atoms with Gasteiger partial charge in [0.15, 0.2) is 4.96 Å². The van der Waals surface area contributed by atoms with Crippen molar-refractivity contribution in [3.63, 3.8) is 0 Å². The van der Waals surface area contributed by atoms with Crippen LogP contribution in [0.2, 0.25) is 0 Å². The van der Waals surface area contributed by atoms with Gasteiger partial charge in [-0.2, -0.15) is 0 Å². The van der Waals surface area contributed by atoms with Gasteiger partial charge in [-0.25, -0.2) is 9.38 Å². The van der Waals surface area contributed by atoms with E-state index in [1.807, 2.05) is 0 Å². The van der Waals surface area contributed by atoms with Crippen molar-refractivity contribution in [3.8, 4) is 5.75 Å². The van der Waals surface area contributed by atoms with Gasteiger partial charge < -0.3 is 5.11 Å². The van der Waals surface area contributed by atoms with E-state index in [1.165, 1.54) is 10.5 Å². The minimum absolute atomic E-state index is 0.133. The number of fused-ring (bicyclic) bond motifs is 3. The van der Waals surface area contributed by atoms with Gasteiger partial charge in [0, 0.05) is 11.6 Å². The predicted octanol–water partition coefficient (Wildman–Crippen LogP) is 1.98. The molecular weight excluding hydrogens is 376 g/mol. The molecule has 0 amide bonds. The number of phenolic OH excluding ortho intramolecular Hbond substituents is 1. The molecule has 10 nitrogen and oxygen atoms in total. The summed E-state index contributed by atoms with van der Waals surface area (Å²) in [4.78, 5) is 37.8. The first-order chi connectivity index (χ1) is 12.9. The minimum Gasteiger partial charge on any atom is -0.502 e. The van der Waals surface area contributed by atoms with Gasteiger partial charge in [-0.1, -0.05) is 23.5 Å². The fraction of sp³-hybridized carbons (Fsp3) is 0. The van der Waals surface area contributed by atoms with Crippen LogP contribution in [-0.2, 0) is 0 Å². The van der Waals surface area contributed by atoms with Gasteiger partial charge in [0.05, 0.1) is 31.5 Å². The molecule has 2 aromatic heterocycles. The number of nitrogens with zero attached hydrogens (tertiary/aromatic N) is 4. The molecule has 0 unspecified atom stereocenters. The summed E-state index contributed by atoms with van der Waals surface area (Å²) >= 11 is 1.01. The zero-order valence-electron chi connectivity index (χ0n) is 13.2. The molecule has 2 heterocycles. The molecule has 0 aliphatic carbocycles. The number of aromatic nitrogens is 2. The molecule has 4 aromatic rings. The van der Waals surface area contributed by atoms with Crippen molar-refractivity contribution in [3.05, 3.63) is 77.1 Å². The SMILES string of the molecule is O=c1c(=Cc2cc([N+](=O)[O-])cc([N+](=O)[O-])c2O)sc2nc3ccccc3n12. The lowest BCUT2D eigenvalue weighted by atomic mass is 10.1. The summed E-state index contributed by atoms with van der Waals surface area (Å²) in [5.74, 6) is -0.749. The lowest BCUT2D eigenvalue weighted by molar-refractivity contribution is -0.394. The summed E-state index contributed by atoms with van der Waals surface area (Å²) in [5.41, 5.74) is -0.761. The summed E-state index contributed by atoms with van der Waals surface area (Å²) in [6.07, 6.45) is 1.19. The first-order valence-electron chi connectivity index (χ1n) is 7.44. The van der Waals surface area contributed by atoms with E-state index in [1.54, 1.807) is 24.3 Å². The quantitative estimate of drug-likeness (QED) is 0.420. The molecule has 1 N–H and O–H groups in total. The van der Waals surface area contributed by atoms with E-state index in [9.17, 15) is 30.1 Å². The molecule has 0 aliphatic heterocycles. The largest absolute Gasteiger partial charge is 0.502 e. The van der Waals surface area contributed by atoms with Crippen LogP contribution in [0.15, 0.2) is 41.2 Å². The van der Waals surface area contributed by atoms with E-state index in [2.05, 4.69) is 4.98 Å². The number of para-hydroxylation sites is 2. The average molecular weight is 384 g/mol. The first kappa shape index (κ1) is 16.6. The van der Waals surface area contributed by atoms with E-state index >= 15 is 0 Å². The third kappa shape index (κ3) is 2.57. The van der Waals surface area contributed by atoms with Crippen molar-refractivity contribution in [2.45, 2.75) is 0 Å². The van der Waals surface area contributed by atoms with Crippen LogP contribution in [0.25, 0.3) is 22.1 Å². The molecule has 134 valence electrons. The van der Waals surface area contributed by atoms with Gasteiger partial charge in [-0.15, -0.1) is 0 Å². The van der Waals surface area contributed by atoms with E-state index in [-0.39, 0.29) is 10.1 Å². The highest BCUT2D eigenvalue weighted by Crippen LogP contribution is 2.34. The van der Waals surface area contributed by atoms with E-state index < -0.39 is 32.5 Å². The number of aromatic hydroxyl groups is 1. The number of benzene rings is 2. The third-order valence-corrected chi connectivity index (χ3v) is 4.91. The van der Waals surface area contributed by atoms with Crippen LogP contribution in [0.3, 0.4) is 0 Å². The Balaban J connectivity index is 2.01. The number of phenols is 1. The molecule has 0 saturated heterocycles. The number of rotatable bonds is 3. The zero-order valence-corrected chi connectivity index (χ0v) is 14.0. The maximum atomic E-state index is 12.7. The summed E-state index contributed by atoms with van der Waals surface area (Å²) in [7, 11) is 0. The van der Waals surface area contributed by atoms with Crippen molar-refractivity contribution in [2.75, 3.05) is 0 Å². The van der Waals surface area contributed by atoms with Crippen molar-refractivity contribution in [1.82, 2.24) is 9.38 Å². The molecule has 0 spiro atoms. The molecule has 4 rings (SSSR count). The number of thiazole rings is 1. The Kier molecular flexibility index (Phi) is 3.59. The highest BCUT2D eigenvalue weighted by molar-refractivity contribution is 7.15. The van der Waals surface area contributed by atoms with Crippen LogP contribution in [0.1, 0.15) is 5.56 Å². The molecule has 0 radical (unpaired) electrons. The molecule has 0 saturated carbocycles. The van der Waals surface area contributed by atoms with Gasteiger partial charge in [-0.3, -0.25) is 25.0 Å². The Labute approximate surface area is 152 Å². The van der Waals surface area contributed by atoms with Crippen LogP contribution in [0.4, 0.5) is 11.4 Å². The predicted molar refractivity (Wildman–Crippen MR) is 97.0 cm³/mol. The summed E-state index contributed by atoms with van der Waals surface area (Å²) < 4.78 is 1.52. The fourth-order valence-corrected chi connectivity index (χ4v) is 3.71. The Morgan fingerprint density at radius 1 is 1.15 bits per heavy atom. The molecule has 0 aliphatic rings. The number of nitro groups is 2. The number of hydrogen-bond acceptors (Lipinski definition) is 8. The Morgan fingerprint density at radius 3 is 2.59 bits per heavy atom. The highest BCUT2D eigenvalue weighted by atomic mass is 32.1. The summed E-state index contributed by atoms with van der Waals surface area (Å²) in [6, 6.07) is 8.67. The lowest BCUT2D eigenvalue weighted by Crippen LogP contribution is -2.22. The smallest absolute Gasteiger partial charge is 0.318 e. The number of hydrogen-bond donors (Lipinski definition) is 1. The highest BCUT2D eigenvalue weighted by Gasteiger charge is 2.23. The Hall–Kier alpha value is -3.86. The van der Waals surface area contributed by atoms with Crippen LogP contribution < -0.4 is 10.1 Å². The molecule has 0 bridgehead atoms. The van der Waals surface area contributed by atoms with Crippen molar-refractivity contribution in [2.24, 2.45) is 0 Å². The van der Waals surface area contributed by atoms with Crippen LogP contribution in [0, 0.1) is 20.2 Å². The standard InChI is InChI=1S/C16H8N4O6S/c21-14-8(5-9(19(23)24)7-12(14)20(25)26)6-13-15(22)18-11-4-2-1-3-10(11)17-16(18)27-13/h1-7,21H. The zero-order chi connectivity index (χ0) is 19.3. The summed E-state index contributed by atoms with van der Waals surface area (Å²) in [6.45, 7) is 0. The van der Waals surface area contributed by atoms with Crippen LogP contribution in [0.5, 0.6) is 5.75 Å². The van der Waals surface area contributed by atoms with Crippen molar-refractivity contribution < 1.29 is 15.0 Å². The van der Waals surface area contributed by atoms with Gasteiger partial charge in [-0.05, 0) is 18.2 Å². The second kappa shape index (κ2) is 5.85. The van der Waals surface area contributed by atoms with Gasteiger partial charge in [0.25, 0.3) is 11.2 Å². The molecule has 0 atom stereocenters. The minimum atomic E-state index is -0.924. The normalized spacial score (nSPS) is 12.1. The fourth-order valence-electron chi connectivity index (χ4n) is 2.73. The van der Waals surface area contributed by atoms with Crippen molar-refractivity contribution in [1.29, 1.82) is 0 Å². The molecule has 2 aromatic carbocycles. The molecular formula is C16H8N4O6S. The van der Waals surface area contributed by atoms with Gasteiger partial charge >= 0.3 is 5.69 Å². The number of nitro benzene ring substituents is 2. The van der Waals surface area contributed by atoms with Gasteiger partial charge in [0.2, 0.25) is 5.75 Å². The first-order valence-corrected chi connectivity index (χ1v) is 8.26. The number of imidazole rings is 1. The molecule has 27 heavy (non-hydrogen) atoms. The Morgan fingerprint density at radius 2 is 1.89 bits per heavy atom. The summed E-state index contributed by atoms with van der Waals surface area (Å²) in [5, 5.41) is 32.2. The van der Waals surface area contributed by atoms with E-state index in [0.717, 1.165) is 17.4 Å². The van der Waals surface area contributed by atoms with Gasteiger partial charge in [0.1, 0.15) is 0 Å². The topological polar surface area (TPSA) is 141 Å². The Bertz CT molecular complexity index is 1370. The van der Waals surface area contributed by atoms with Crippen molar-refractivity contribution >= 4 is 44.8 Å². The second-order valence-corrected chi connectivity index (χ2v) is 6.56. The molecule has 0 fully saturated rings. The molecule has 11 heteroatoms. The van der Waals surface area contributed by atoms with E-state index in [4.69, 9.17) is 0 Å². The lowest BCUT2D eigenvalue weighted by Gasteiger charge is -2.00. The number of non-ortho nitro benzene ring substituents is 1. The maximum absolute atomic E-state index is 12.7. The van der Waals surface area contributed by atoms with Crippen LogP contribution >= 0.6 is 11.3 Å². The monoisotopic (exact) mass is 384 g/mol. The second-order valence-electron chi connectivity index (χ2n) is 5.55. The third-order valence-electron chi connectivity index (χ3n) is 3.94. The van der Waals surface area contributed by atoms with Crippen LogP contribution in [-0.4, -0.2) is 24.3 Å². The van der Waals surface area contributed by atoms with E-state index in [0.29, 0.717) is 22.1 Å². The average Bonchev–Trinajstić information content (AvgIpc) is 3.13. The maximum Gasteiger partial charge on any atom is 0.318 e.